The molecule has 1 unspecified atom stereocenters. The van der Waals surface area contributed by atoms with E-state index in [4.69, 9.17) is 0 Å². The summed E-state index contributed by atoms with van der Waals surface area (Å²) in [4.78, 5) is 16.3. The normalized spacial score (nSPS) is 17.6. The number of carbonyl (C=O) groups is 1. The summed E-state index contributed by atoms with van der Waals surface area (Å²) in [5, 5.41) is 13.2. The Labute approximate surface area is 129 Å². The molecule has 0 bridgehead atoms. The molecule has 6 heteroatoms. The maximum Gasteiger partial charge on any atom is 0.224 e. The summed E-state index contributed by atoms with van der Waals surface area (Å²) in [6, 6.07) is 7.60. The average molecular weight is 299 g/mol. The number of benzene rings is 1. The minimum atomic E-state index is 0.0772. The monoisotopic (exact) mass is 299 g/mol. The number of aryl methyl sites for hydroxylation is 1. The topological polar surface area (TPSA) is 82.7 Å². The first kappa shape index (κ1) is 14.7. The minimum Gasteiger partial charge on any atom is -0.326 e. The number of nitrogens with zero attached hydrogens (tertiary/aromatic N) is 2. The van der Waals surface area contributed by atoms with Crippen molar-refractivity contribution in [2.75, 3.05) is 18.4 Å². The Bertz CT molecular complexity index is 628. The Morgan fingerprint density at radius 3 is 2.82 bits per heavy atom. The minimum absolute atomic E-state index is 0.0772. The number of nitrogens with one attached hydrogen (secondary N) is 3. The number of carbonyl (C=O) groups excluding carboxylic acids is 1. The first-order chi connectivity index (χ1) is 10.7. The van der Waals surface area contributed by atoms with Crippen LogP contribution in [0.3, 0.4) is 0 Å². The van der Waals surface area contributed by atoms with Gasteiger partial charge in [0.05, 0.1) is 0 Å². The molecule has 0 saturated carbocycles. The summed E-state index contributed by atoms with van der Waals surface area (Å²) in [6.07, 6.45) is 2.71. The first-order valence-corrected chi connectivity index (χ1v) is 7.71. The quantitative estimate of drug-likeness (QED) is 0.789. The van der Waals surface area contributed by atoms with Crippen molar-refractivity contribution in [3.63, 3.8) is 0 Å². The fraction of sp³-hybridized carbons (Fsp3) is 0.438. The maximum absolute atomic E-state index is 12.0. The number of anilines is 1. The second-order valence-corrected chi connectivity index (χ2v) is 5.77. The lowest BCUT2D eigenvalue weighted by molar-refractivity contribution is -0.116. The Balaban J connectivity index is 1.53. The third-order valence-electron chi connectivity index (χ3n) is 3.97. The zero-order chi connectivity index (χ0) is 15.4. The van der Waals surface area contributed by atoms with Crippen LogP contribution in [-0.2, 0) is 4.79 Å². The van der Waals surface area contributed by atoms with E-state index in [-0.39, 0.29) is 5.91 Å². The molecule has 1 fully saturated rings. The van der Waals surface area contributed by atoms with Gasteiger partial charge in [-0.3, -0.25) is 9.89 Å². The van der Waals surface area contributed by atoms with Gasteiger partial charge in [-0.05, 0) is 63.0 Å². The van der Waals surface area contributed by atoms with Crippen LogP contribution < -0.4 is 10.6 Å². The van der Waals surface area contributed by atoms with E-state index < -0.39 is 0 Å². The van der Waals surface area contributed by atoms with Gasteiger partial charge in [-0.2, -0.15) is 5.10 Å². The molecule has 0 radical (unpaired) electrons. The Morgan fingerprint density at radius 2 is 2.18 bits per heavy atom. The number of hydrogen-bond donors (Lipinski definition) is 3. The van der Waals surface area contributed by atoms with Gasteiger partial charge in [0, 0.05) is 17.7 Å². The van der Waals surface area contributed by atoms with Crippen molar-refractivity contribution in [1.82, 2.24) is 20.5 Å². The van der Waals surface area contributed by atoms with E-state index in [1.54, 1.807) is 0 Å². The summed E-state index contributed by atoms with van der Waals surface area (Å²) < 4.78 is 0. The number of rotatable bonds is 5. The highest BCUT2D eigenvalue weighted by Gasteiger charge is 2.15. The van der Waals surface area contributed by atoms with Gasteiger partial charge in [0.2, 0.25) is 5.91 Å². The Kier molecular flexibility index (Phi) is 4.48. The third kappa shape index (κ3) is 3.71. The molecule has 2 aromatic rings. The highest BCUT2D eigenvalue weighted by Crippen LogP contribution is 2.19. The van der Waals surface area contributed by atoms with Crippen molar-refractivity contribution in [3.05, 3.63) is 30.1 Å². The van der Waals surface area contributed by atoms with Crippen molar-refractivity contribution in [3.8, 4) is 11.4 Å². The van der Waals surface area contributed by atoms with Crippen molar-refractivity contribution in [1.29, 1.82) is 0 Å². The number of hydrogen-bond acceptors (Lipinski definition) is 4. The molecule has 3 rings (SSSR count). The predicted octanol–water partition coefficient (Wildman–Crippen LogP) is 2.11. The van der Waals surface area contributed by atoms with Crippen molar-refractivity contribution >= 4 is 11.6 Å². The molecular formula is C16H21N5O. The molecule has 0 spiro atoms. The van der Waals surface area contributed by atoms with Crippen molar-refractivity contribution in [2.24, 2.45) is 5.92 Å². The van der Waals surface area contributed by atoms with E-state index in [0.717, 1.165) is 36.6 Å². The molecule has 1 aromatic heterocycles. The summed E-state index contributed by atoms with van der Waals surface area (Å²) >= 11 is 0. The second-order valence-electron chi connectivity index (χ2n) is 5.77. The van der Waals surface area contributed by atoms with Crippen LogP contribution in [0.4, 0.5) is 5.69 Å². The van der Waals surface area contributed by atoms with Gasteiger partial charge < -0.3 is 10.6 Å². The first-order valence-electron chi connectivity index (χ1n) is 7.71. The van der Waals surface area contributed by atoms with Crippen LogP contribution in [0.1, 0.15) is 25.1 Å². The van der Waals surface area contributed by atoms with Crippen LogP contribution in [0.15, 0.2) is 24.3 Å². The molecule has 2 heterocycles. The number of amides is 1. The number of aromatic nitrogens is 3. The van der Waals surface area contributed by atoms with Crippen LogP contribution in [0.25, 0.3) is 11.4 Å². The van der Waals surface area contributed by atoms with Gasteiger partial charge in [0.15, 0.2) is 5.82 Å². The van der Waals surface area contributed by atoms with Gasteiger partial charge in [0.1, 0.15) is 5.82 Å². The van der Waals surface area contributed by atoms with Gasteiger partial charge in [0.25, 0.3) is 0 Å². The molecule has 0 aliphatic carbocycles. The molecule has 1 saturated heterocycles. The molecule has 1 aliphatic rings. The summed E-state index contributed by atoms with van der Waals surface area (Å²) in [7, 11) is 0. The fourth-order valence-electron chi connectivity index (χ4n) is 2.69. The average Bonchev–Trinajstić information content (AvgIpc) is 3.17. The van der Waals surface area contributed by atoms with Crippen LogP contribution in [0.2, 0.25) is 0 Å². The van der Waals surface area contributed by atoms with Crippen LogP contribution in [0, 0.1) is 12.8 Å². The third-order valence-corrected chi connectivity index (χ3v) is 3.97. The fourth-order valence-corrected chi connectivity index (χ4v) is 2.69. The molecule has 1 aliphatic heterocycles. The van der Waals surface area contributed by atoms with E-state index in [1.807, 2.05) is 31.2 Å². The number of H-pyrrole nitrogens is 1. The summed E-state index contributed by atoms with van der Waals surface area (Å²) in [5.74, 6) is 2.17. The van der Waals surface area contributed by atoms with Gasteiger partial charge in [-0.25, -0.2) is 4.98 Å². The van der Waals surface area contributed by atoms with Gasteiger partial charge >= 0.3 is 0 Å². The molecule has 3 N–H and O–H groups in total. The smallest absolute Gasteiger partial charge is 0.224 e. The summed E-state index contributed by atoms with van der Waals surface area (Å²) in [6.45, 7) is 3.98. The molecule has 1 aromatic carbocycles. The largest absolute Gasteiger partial charge is 0.326 e. The van der Waals surface area contributed by atoms with Gasteiger partial charge in [-0.1, -0.05) is 0 Å². The summed E-state index contributed by atoms with van der Waals surface area (Å²) in [5.41, 5.74) is 1.74. The van der Waals surface area contributed by atoms with E-state index >= 15 is 0 Å². The Hall–Kier alpha value is -2.21. The van der Waals surface area contributed by atoms with Crippen LogP contribution in [-0.4, -0.2) is 34.2 Å². The highest BCUT2D eigenvalue weighted by atomic mass is 16.1. The lowest BCUT2D eigenvalue weighted by Gasteiger charge is -2.09. The van der Waals surface area contributed by atoms with Crippen LogP contribution in [0.5, 0.6) is 0 Å². The Morgan fingerprint density at radius 1 is 1.36 bits per heavy atom. The molecular weight excluding hydrogens is 278 g/mol. The lowest BCUT2D eigenvalue weighted by Crippen LogP contribution is -2.14. The van der Waals surface area contributed by atoms with E-state index in [2.05, 4.69) is 25.8 Å². The SMILES string of the molecule is Cc1nc(-c2ccc(NC(=O)CCC3CCNC3)cc2)n[nH]1. The van der Waals surface area contributed by atoms with E-state index in [1.165, 1.54) is 6.42 Å². The zero-order valence-corrected chi connectivity index (χ0v) is 12.7. The molecule has 116 valence electrons. The van der Waals surface area contributed by atoms with E-state index in [9.17, 15) is 4.79 Å². The highest BCUT2D eigenvalue weighted by molar-refractivity contribution is 5.90. The van der Waals surface area contributed by atoms with Gasteiger partial charge in [-0.15, -0.1) is 0 Å². The van der Waals surface area contributed by atoms with Crippen molar-refractivity contribution in [2.45, 2.75) is 26.2 Å². The maximum atomic E-state index is 12.0. The molecule has 1 atom stereocenters. The van der Waals surface area contributed by atoms with Crippen LogP contribution >= 0.6 is 0 Å². The van der Waals surface area contributed by atoms with E-state index in [0.29, 0.717) is 18.2 Å². The number of aromatic amines is 1. The predicted molar refractivity (Wildman–Crippen MR) is 85.4 cm³/mol. The molecule has 6 nitrogen and oxygen atoms in total. The second kappa shape index (κ2) is 6.70. The molecule has 22 heavy (non-hydrogen) atoms. The molecule has 1 amide bonds. The standard InChI is InChI=1S/C16H21N5O/c1-11-18-16(21-20-11)13-3-5-14(6-4-13)19-15(22)7-2-12-8-9-17-10-12/h3-6,12,17H,2,7-10H2,1H3,(H,19,22)(H,18,20,21). The zero-order valence-electron chi connectivity index (χ0n) is 12.7. The lowest BCUT2D eigenvalue weighted by atomic mass is 10.0. The van der Waals surface area contributed by atoms with Crippen molar-refractivity contribution < 1.29 is 4.79 Å².